The van der Waals surface area contributed by atoms with Crippen LogP contribution in [0.4, 0.5) is 5.82 Å². The zero-order chi connectivity index (χ0) is 11.3. The van der Waals surface area contributed by atoms with E-state index in [1.165, 1.54) is 12.1 Å². The van der Waals surface area contributed by atoms with Gasteiger partial charge < -0.3 is 10.9 Å². The highest BCUT2D eigenvalue weighted by Gasteiger charge is 2.10. The molecule has 0 amide bonds. The molecule has 0 aliphatic carbocycles. The van der Waals surface area contributed by atoms with Crippen LogP contribution in [0.1, 0.15) is 0 Å². The molecule has 3 rings (SSSR count). The number of nitrogens with two attached hydrogens (primary N) is 1. The minimum atomic E-state index is -0.407. The first kappa shape index (κ1) is 9.04. The molecule has 0 radical (unpaired) electrons. The summed E-state index contributed by atoms with van der Waals surface area (Å²) in [5.74, 6) is 0.269. The lowest BCUT2D eigenvalue weighted by molar-refractivity contribution is 0.305. The molecule has 0 aromatic carbocycles. The summed E-state index contributed by atoms with van der Waals surface area (Å²) in [5.41, 5.74) is 6.05. The van der Waals surface area contributed by atoms with E-state index in [1.807, 2.05) is 0 Å². The number of hydrogen-bond acceptors (Lipinski definition) is 7. The van der Waals surface area contributed by atoms with Gasteiger partial charge >= 0.3 is 0 Å². The maximum Gasteiger partial charge on any atom is 0.273 e. The molecule has 0 fully saturated rings. The first-order valence-corrected chi connectivity index (χ1v) is 5.11. The summed E-state index contributed by atoms with van der Waals surface area (Å²) in [6.07, 6.45) is 0. The summed E-state index contributed by atoms with van der Waals surface area (Å²) in [6, 6.07) is 2.79. The van der Waals surface area contributed by atoms with E-state index in [1.54, 1.807) is 4.40 Å². The molecular formula is C8H5N5O2S. The molecule has 16 heavy (non-hydrogen) atoms. The van der Waals surface area contributed by atoms with Gasteiger partial charge in [0.1, 0.15) is 11.5 Å². The van der Waals surface area contributed by atoms with Crippen LogP contribution in [0.2, 0.25) is 0 Å². The third kappa shape index (κ3) is 1.07. The van der Waals surface area contributed by atoms with Crippen molar-refractivity contribution in [2.24, 2.45) is 5.16 Å². The van der Waals surface area contributed by atoms with Crippen molar-refractivity contribution >= 4 is 33.3 Å². The summed E-state index contributed by atoms with van der Waals surface area (Å²) in [6.45, 7) is 0. The predicted molar refractivity (Wildman–Crippen MR) is 57.6 cm³/mol. The van der Waals surface area contributed by atoms with E-state index in [0.717, 1.165) is 11.3 Å². The fraction of sp³-hybridized carbons (Fsp3) is 0. The van der Waals surface area contributed by atoms with Crippen LogP contribution < -0.4 is 16.0 Å². The number of aromatic nitrogens is 3. The van der Waals surface area contributed by atoms with Gasteiger partial charge in [-0.2, -0.15) is 4.98 Å². The average molecular weight is 235 g/mol. The normalized spacial score (nSPS) is 12.9. The molecule has 0 spiro atoms. The van der Waals surface area contributed by atoms with E-state index in [4.69, 9.17) is 10.9 Å². The lowest BCUT2D eigenvalue weighted by atomic mass is 10.4. The number of nitrogen functional groups attached to an aromatic ring is 1. The number of rotatable bonds is 0. The molecule has 0 aliphatic rings. The third-order valence-corrected chi connectivity index (χ3v) is 3.09. The Labute approximate surface area is 91.5 Å². The van der Waals surface area contributed by atoms with Crippen molar-refractivity contribution in [2.75, 3.05) is 5.73 Å². The zero-order valence-electron chi connectivity index (χ0n) is 7.78. The summed E-state index contributed by atoms with van der Waals surface area (Å²) < 4.78 is 1.93. The van der Waals surface area contributed by atoms with E-state index in [-0.39, 0.29) is 5.82 Å². The highest BCUT2D eigenvalue weighted by molar-refractivity contribution is 7.15. The van der Waals surface area contributed by atoms with Crippen LogP contribution in [-0.2, 0) is 0 Å². The fourth-order valence-corrected chi connectivity index (χ4v) is 2.46. The fourth-order valence-electron chi connectivity index (χ4n) is 1.56. The van der Waals surface area contributed by atoms with Crippen LogP contribution in [0, 0.1) is 0 Å². The molecule has 0 atom stereocenters. The molecule has 0 unspecified atom stereocenters. The van der Waals surface area contributed by atoms with Gasteiger partial charge in [0.2, 0.25) is 0 Å². The second-order valence-electron chi connectivity index (χ2n) is 3.14. The lowest BCUT2D eigenvalue weighted by Gasteiger charge is -1.99. The molecule has 0 saturated heterocycles. The monoisotopic (exact) mass is 235 g/mol. The number of thiazole rings is 1. The molecule has 0 bridgehead atoms. The van der Waals surface area contributed by atoms with Crippen molar-refractivity contribution in [1.82, 2.24) is 14.4 Å². The Morgan fingerprint density at radius 2 is 2.25 bits per heavy atom. The van der Waals surface area contributed by atoms with E-state index in [2.05, 4.69) is 15.1 Å². The van der Waals surface area contributed by atoms with Crippen molar-refractivity contribution in [3.63, 3.8) is 0 Å². The van der Waals surface area contributed by atoms with Crippen LogP contribution in [0.15, 0.2) is 22.1 Å². The van der Waals surface area contributed by atoms with E-state index in [0.29, 0.717) is 20.8 Å². The van der Waals surface area contributed by atoms with Gasteiger partial charge in [-0.25, -0.2) is 4.98 Å². The van der Waals surface area contributed by atoms with E-state index in [9.17, 15) is 4.79 Å². The standard InChI is InChI=1S/C8H5N5O2S/c9-4-2-5-11-6(14)1-3-7(12-15)16-8(10-4)13(3)5/h1-2,15H,9H2/b12-7+. The number of anilines is 1. The van der Waals surface area contributed by atoms with Crippen LogP contribution >= 0.6 is 11.3 Å². The van der Waals surface area contributed by atoms with Crippen molar-refractivity contribution in [3.8, 4) is 0 Å². The second-order valence-corrected chi connectivity index (χ2v) is 4.10. The highest BCUT2D eigenvalue weighted by Crippen LogP contribution is 2.15. The molecule has 0 aliphatic heterocycles. The largest absolute Gasteiger partial charge is 0.410 e. The second kappa shape index (κ2) is 2.89. The quantitative estimate of drug-likeness (QED) is 0.408. The summed E-state index contributed by atoms with van der Waals surface area (Å²) in [7, 11) is 0. The summed E-state index contributed by atoms with van der Waals surface area (Å²) in [4.78, 5) is 19.7. The van der Waals surface area contributed by atoms with Crippen LogP contribution in [-0.4, -0.2) is 19.6 Å². The maximum atomic E-state index is 11.3. The summed E-state index contributed by atoms with van der Waals surface area (Å²) >= 11 is 1.13. The zero-order valence-corrected chi connectivity index (χ0v) is 8.60. The molecular weight excluding hydrogens is 230 g/mol. The van der Waals surface area contributed by atoms with E-state index < -0.39 is 5.56 Å². The minimum absolute atomic E-state index is 0.269. The first-order chi connectivity index (χ1) is 7.69. The Bertz CT molecular complexity index is 805. The Morgan fingerprint density at radius 1 is 1.44 bits per heavy atom. The van der Waals surface area contributed by atoms with Gasteiger partial charge in [-0.1, -0.05) is 16.5 Å². The van der Waals surface area contributed by atoms with Crippen LogP contribution in [0.25, 0.3) is 16.1 Å². The molecule has 7 nitrogen and oxygen atoms in total. The molecule has 3 aromatic heterocycles. The predicted octanol–water partition coefficient (Wildman–Crippen LogP) is -0.386. The maximum absolute atomic E-state index is 11.3. The van der Waals surface area contributed by atoms with Gasteiger partial charge in [-0.15, -0.1) is 0 Å². The van der Waals surface area contributed by atoms with Gasteiger partial charge in [0.15, 0.2) is 9.63 Å². The van der Waals surface area contributed by atoms with Crippen molar-refractivity contribution < 1.29 is 5.21 Å². The Hall–Kier alpha value is -2.22. The Kier molecular flexibility index (Phi) is 1.63. The van der Waals surface area contributed by atoms with Gasteiger partial charge in [0, 0.05) is 12.1 Å². The molecule has 3 heterocycles. The van der Waals surface area contributed by atoms with Crippen molar-refractivity contribution in [1.29, 1.82) is 0 Å². The van der Waals surface area contributed by atoms with Crippen LogP contribution in [0.5, 0.6) is 0 Å². The number of nitrogens with zero attached hydrogens (tertiary/aromatic N) is 4. The number of hydrogen-bond donors (Lipinski definition) is 2. The Balaban J connectivity index is 2.76. The van der Waals surface area contributed by atoms with Gasteiger partial charge in [-0.05, 0) is 0 Å². The molecule has 3 aromatic rings. The molecule has 3 N–H and O–H groups in total. The van der Waals surface area contributed by atoms with Gasteiger partial charge in [0.05, 0.1) is 5.52 Å². The topological polar surface area (TPSA) is 106 Å². The van der Waals surface area contributed by atoms with Crippen molar-refractivity contribution in [2.45, 2.75) is 0 Å². The third-order valence-electron chi connectivity index (χ3n) is 2.15. The van der Waals surface area contributed by atoms with Crippen molar-refractivity contribution in [3.05, 3.63) is 27.2 Å². The lowest BCUT2D eigenvalue weighted by Crippen LogP contribution is -2.11. The molecule has 80 valence electrons. The smallest absolute Gasteiger partial charge is 0.273 e. The van der Waals surface area contributed by atoms with E-state index >= 15 is 0 Å². The van der Waals surface area contributed by atoms with Gasteiger partial charge in [-0.3, -0.25) is 9.20 Å². The Morgan fingerprint density at radius 3 is 3.00 bits per heavy atom. The van der Waals surface area contributed by atoms with Crippen LogP contribution in [0.3, 0.4) is 0 Å². The molecule has 8 heteroatoms. The first-order valence-electron chi connectivity index (χ1n) is 4.29. The average Bonchev–Trinajstić information content (AvgIpc) is 2.56. The molecule has 0 saturated carbocycles. The SMILES string of the molecule is Nc1cc2nc(=O)cc3/c(=N\O)sc(n1)n23. The summed E-state index contributed by atoms with van der Waals surface area (Å²) in [5, 5.41) is 11.9. The highest BCUT2D eigenvalue weighted by atomic mass is 32.1. The minimum Gasteiger partial charge on any atom is -0.410 e. The van der Waals surface area contributed by atoms with Gasteiger partial charge in [0.25, 0.3) is 5.56 Å².